The molecule has 0 spiro atoms. The number of benzene rings is 1. The molecule has 1 atom stereocenters. The van der Waals surface area contributed by atoms with E-state index in [-0.39, 0.29) is 5.92 Å². The highest BCUT2D eigenvalue weighted by atomic mass is 35.5. The summed E-state index contributed by atoms with van der Waals surface area (Å²) >= 11 is 12.0. The normalized spacial score (nSPS) is 20.4. The first kappa shape index (κ1) is 9.69. The minimum atomic E-state index is 0.223. The van der Waals surface area contributed by atoms with Crippen LogP contribution in [0.15, 0.2) is 30.1 Å². The van der Waals surface area contributed by atoms with Gasteiger partial charge in [0.15, 0.2) is 0 Å². The Bertz CT molecular complexity index is 388. The molecule has 0 saturated carbocycles. The fraction of sp³-hybridized carbons (Fsp3) is 0.200. The molecule has 0 radical (unpaired) electrons. The average molecular weight is 229 g/mol. The lowest BCUT2D eigenvalue weighted by Gasteiger charge is -2.09. The van der Waals surface area contributed by atoms with Crippen LogP contribution in [0.4, 0.5) is 0 Å². The van der Waals surface area contributed by atoms with E-state index in [2.05, 4.69) is 5.32 Å². The molecule has 2 rings (SSSR count). The van der Waals surface area contributed by atoms with Crippen LogP contribution in [0.1, 0.15) is 11.5 Å². The highest BCUT2D eigenvalue weighted by molar-refractivity contribution is 6.33. The predicted molar refractivity (Wildman–Crippen MR) is 59.5 cm³/mol. The summed E-state index contributed by atoms with van der Waals surface area (Å²) < 4.78 is 0. The van der Waals surface area contributed by atoms with Crippen LogP contribution in [-0.4, -0.2) is 6.54 Å². The van der Waals surface area contributed by atoms with Crippen molar-refractivity contribution in [3.05, 3.63) is 45.7 Å². The molecule has 1 heterocycles. The quantitative estimate of drug-likeness (QED) is 0.776. The van der Waals surface area contributed by atoms with Crippen LogP contribution in [0.2, 0.25) is 10.0 Å². The zero-order valence-corrected chi connectivity index (χ0v) is 8.94. The van der Waals surface area contributed by atoms with Gasteiger partial charge >= 0.3 is 0 Å². The number of rotatable bonds is 1. The number of nitrogens with one attached hydrogen (secondary N) is 1. The van der Waals surface area contributed by atoms with Crippen LogP contribution >= 0.6 is 23.2 Å². The van der Waals surface area contributed by atoms with E-state index in [1.54, 1.807) is 6.07 Å². The lowest BCUT2D eigenvalue weighted by atomic mass is 10.0. The van der Waals surface area contributed by atoms with Crippen molar-refractivity contribution in [2.45, 2.75) is 5.92 Å². The monoisotopic (exact) mass is 228 g/mol. The van der Waals surface area contributed by atoms with Crippen molar-refractivity contribution in [3.8, 4) is 0 Å². The molecule has 1 aliphatic heterocycles. The van der Waals surface area contributed by atoms with Crippen LogP contribution < -0.4 is 11.1 Å². The smallest absolute Gasteiger partial charge is 0.0926 e. The molecule has 3 N–H and O–H groups in total. The van der Waals surface area contributed by atoms with E-state index in [4.69, 9.17) is 28.9 Å². The summed E-state index contributed by atoms with van der Waals surface area (Å²) in [5, 5.41) is 4.48. The van der Waals surface area contributed by atoms with E-state index in [1.165, 1.54) is 0 Å². The second-order valence-corrected chi connectivity index (χ2v) is 4.12. The Morgan fingerprint density at radius 1 is 1.36 bits per heavy atom. The minimum Gasteiger partial charge on any atom is -0.386 e. The molecule has 0 aromatic heterocycles. The number of hydrogen-bond donors (Lipinski definition) is 2. The summed E-state index contributed by atoms with van der Waals surface area (Å²) in [7, 11) is 0. The predicted octanol–water partition coefficient (Wildman–Crippen LogP) is 2.48. The molecule has 0 amide bonds. The van der Waals surface area contributed by atoms with Gasteiger partial charge in [0.2, 0.25) is 0 Å². The Morgan fingerprint density at radius 2 is 2.14 bits per heavy atom. The van der Waals surface area contributed by atoms with E-state index < -0.39 is 0 Å². The molecular formula is C10H10Cl2N2. The number of hydrogen-bond acceptors (Lipinski definition) is 2. The third kappa shape index (κ3) is 1.81. The molecule has 74 valence electrons. The maximum absolute atomic E-state index is 6.07. The van der Waals surface area contributed by atoms with Crippen molar-refractivity contribution < 1.29 is 0 Å². The summed E-state index contributed by atoms with van der Waals surface area (Å²) in [6, 6.07) is 5.47. The van der Waals surface area contributed by atoms with E-state index in [9.17, 15) is 0 Å². The molecule has 0 bridgehead atoms. The van der Waals surface area contributed by atoms with Gasteiger partial charge in [0.05, 0.1) is 5.82 Å². The minimum absolute atomic E-state index is 0.223. The van der Waals surface area contributed by atoms with Gasteiger partial charge in [-0.25, -0.2) is 0 Å². The molecule has 0 saturated heterocycles. The summed E-state index contributed by atoms with van der Waals surface area (Å²) in [5.41, 5.74) is 6.65. The summed E-state index contributed by atoms with van der Waals surface area (Å²) in [6.07, 6.45) is 1.96. The van der Waals surface area contributed by atoms with Gasteiger partial charge in [0, 0.05) is 22.5 Å². The lowest BCUT2D eigenvalue weighted by molar-refractivity contribution is 0.791. The zero-order valence-electron chi connectivity index (χ0n) is 7.43. The van der Waals surface area contributed by atoms with Gasteiger partial charge in [-0.15, -0.1) is 0 Å². The van der Waals surface area contributed by atoms with Crippen LogP contribution in [0.5, 0.6) is 0 Å². The first-order chi connectivity index (χ1) is 6.66. The molecule has 1 aliphatic rings. The van der Waals surface area contributed by atoms with Gasteiger partial charge in [0.25, 0.3) is 0 Å². The fourth-order valence-corrected chi connectivity index (χ4v) is 2.00. The second-order valence-electron chi connectivity index (χ2n) is 3.28. The van der Waals surface area contributed by atoms with E-state index in [0.717, 1.165) is 17.1 Å². The zero-order chi connectivity index (χ0) is 10.1. The largest absolute Gasteiger partial charge is 0.386 e. The molecule has 1 unspecified atom stereocenters. The van der Waals surface area contributed by atoms with Crippen LogP contribution in [0.3, 0.4) is 0 Å². The Morgan fingerprint density at radius 3 is 2.79 bits per heavy atom. The molecule has 1 aromatic carbocycles. The van der Waals surface area contributed by atoms with E-state index >= 15 is 0 Å². The maximum atomic E-state index is 6.07. The van der Waals surface area contributed by atoms with E-state index in [0.29, 0.717) is 10.8 Å². The summed E-state index contributed by atoms with van der Waals surface area (Å²) in [4.78, 5) is 0. The van der Waals surface area contributed by atoms with Crippen molar-refractivity contribution >= 4 is 23.2 Å². The van der Waals surface area contributed by atoms with Crippen molar-refractivity contribution in [2.24, 2.45) is 5.73 Å². The van der Waals surface area contributed by atoms with Crippen molar-refractivity contribution in [1.82, 2.24) is 5.32 Å². The lowest BCUT2D eigenvalue weighted by Crippen LogP contribution is -2.16. The molecule has 0 fully saturated rings. The molecule has 0 aliphatic carbocycles. The van der Waals surface area contributed by atoms with Crippen molar-refractivity contribution in [3.63, 3.8) is 0 Å². The Kier molecular flexibility index (Phi) is 2.57. The summed E-state index contributed by atoms with van der Waals surface area (Å²) in [6.45, 7) is 0.784. The molecule has 2 nitrogen and oxygen atoms in total. The third-order valence-electron chi connectivity index (χ3n) is 2.26. The Balaban J connectivity index is 2.36. The van der Waals surface area contributed by atoms with E-state index in [1.807, 2.05) is 18.2 Å². The van der Waals surface area contributed by atoms with Crippen LogP contribution in [0.25, 0.3) is 0 Å². The van der Waals surface area contributed by atoms with Gasteiger partial charge in [-0.3, -0.25) is 0 Å². The highest BCUT2D eigenvalue weighted by Crippen LogP contribution is 2.30. The van der Waals surface area contributed by atoms with Gasteiger partial charge in [0.1, 0.15) is 0 Å². The maximum Gasteiger partial charge on any atom is 0.0926 e. The third-order valence-corrected chi connectivity index (χ3v) is 2.84. The standard InChI is InChI=1S/C10H10Cl2N2/c11-7-1-2-9(12)8(4-7)6-3-10(13)14-5-6/h1-4,6,14H,5,13H2. The van der Waals surface area contributed by atoms with Crippen LogP contribution in [-0.2, 0) is 0 Å². The SMILES string of the molecule is NC1=CC(c2cc(Cl)ccc2Cl)CN1. The first-order valence-corrected chi connectivity index (χ1v) is 5.08. The highest BCUT2D eigenvalue weighted by Gasteiger charge is 2.17. The first-order valence-electron chi connectivity index (χ1n) is 4.33. The molecule has 4 heteroatoms. The van der Waals surface area contributed by atoms with Crippen LogP contribution in [0, 0.1) is 0 Å². The Hall–Kier alpha value is -0.860. The van der Waals surface area contributed by atoms with Gasteiger partial charge in [-0.05, 0) is 29.8 Å². The van der Waals surface area contributed by atoms with Gasteiger partial charge < -0.3 is 11.1 Å². The van der Waals surface area contributed by atoms with Crippen molar-refractivity contribution in [2.75, 3.05) is 6.54 Å². The Labute approximate surface area is 92.7 Å². The topological polar surface area (TPSA) is 38.0 Å². The summed E-state index contributed by atoms with van der Waals surface area (Å²) in [5.74, 6) is 0.923. The van der Waals surface area contributed by atoms with Crippen molar-refractivity contribution in [1.29, 1.82) is 0 Å². The average Bonchev–Trinajstić information content (AvgIpc) is 2.56. The molecular weight excluding hydrogens is 219 g/mol. The number of halogens is 2. The molecule has 1 aromatic rings. The second kappa shape index (κ2) is 3.71. The molecule has 14 heavy (non-hydrogen) atoms. The fourth-order valence-electron chi connectivity index (χ4n) is 1.56. The van der Waals surface area contributed by atoms with Gasteiger partial charge in [-0.1, -0.05) is 23.2 Å². The van der Waals surface area contributed by atoms with Gasteiger partial charge in [-0.2, -0.15) is 0 Å². The number of nitrogens with two attached hydrogens (primary N) is 1.